The number of allylic oxidation sites excluding steroid dienone is 1. The van der Waals surface area contributed by atoms with Gasteiger partial charge in [-0.25, -0.2) is 0 Å². The number of benzene rings is 2. The third-order valence-corrected chi connectivity index (χ3v) is 5.04. The van der Waals surface area contributed by atoms with Crippen molar-refractivity contribution in [2.75, 3.05) is 13.7 Å². The van der Waals surface area contributed by atoms with Crippen LogP contribution in [0.15, 0.2) is 60.2 Å². The molecule has 3 rings (SSSR count). The van der Waals surface area contributed by atoms with Gasteiger partial charge in [0.2, 0.25) is 0 Å². The summed E-state index contributed by atoms with van der Waals surface area (Å²) in [4.78, 5) is 10.8. The van der Waals surface area contributed by atoms with E-state index in [0.717, 1.165) is 29.8 Å². The molecule has 0 heterocycles. The van der Waals surface area contributed by atoms with Crippen molar-refractivity contribution in [3.63, 3.8) is 0 Å². The molecule has 1 N–H and O–H groups in total. The Labute approximate surface area is 160 Å². The fourth-order valence-corrected chi connectivity index (χ4v) is 3.55. The van der Waals surface area contributed by atoms with Crippen LogP contribution >= 0.6 is 0 Å². The maximum Gasteiger partial charge on any atom is 0.269 e. The molecular formula is C22H26N2O3. The molecule has 1 unspecified atom stereocenters. The number of hydrogen-bond donors (Lipinski definition) is 1. The van der Waals surface area contributed by atoms with Crippen LogP contribution in [0.25, 0.3) is 0 Å². The van der Waals surface area contributed by atoms with E-state index in [0.29, 0.717) is 0 Å². The Bertz CT molecular complexity index is 799. The summed E-state index contributed by atoms with van der Waals surface area (Å²) < 4.78 is 5.25. The monoisotopic (exact) mass is 366 g/mol. The van der Waals surface area contributed by atoms with Crippen LogP contribution in [0.4, 0.5) is 5.69 Å². The minimum atomic E-state index is -0.346. The second-order valence-corrected chi connectivity index (χ2v) is 6.87. The van der Waals surface area contributed by atoms with Crippen LogP contribution in [-0.4, -0.2) is 18.6 Å². The zero-order chi connectivity index (χ0) is 19.1. The molecule has 0 radical (unpaired) electrons. The Hall–Kier alpha value is -2.66. The largest absolute Gasteiger partial charge is 0.497 e. The maximum absolute atomic E-state index is 11.2. The van der Waals surface area contributed by atoms with Crippen molar-refractivity contribution < 1.29 is 9.66 Å². The number of nitro benzene ring substituents is 1. The first-order valence-corrected chi connectivity index (χ1v) is 9.47. The van der Waals surface area contributed by atoms with Crippen molar-refractivity contribution in [2.45, 2.75) is 38.1 Å². The summed E-state index contributed by atoms with van der Waals surface area (Å²) in [5, 5.41) is 14.8. The molecule has 0 saturated carbocycles. The topological polar surface area (TPSA) is 64.4 Å². The van der Waals surface area contributed by atoms with Gasteiger partial charge in [-0.05, 0) is 61.9 Å². The molecule has 0 fully saturated rings. The van der Waals surface area contributed by atoms with E-state index in [-0.39, 0.29) is 16.7 Å². The molecule has 5 nitrogen and oxygen atoms in total. The minimum absolute atomic E-state index is 0.0972. The van der Waals surface area contributed by atoms with E-state index in [1.165, 1.54) is 37.3 Å². The fourth-order valence-electron chi connectivity index (χ4n) is 3.55. The van der Waals surface area contributed by atoms with E-state index in [1.807, 2.05) is 30.3 Å². The summed E-state index contributed by atoms with van der Waals surface area (Å²) >= 11 is 0. The van der Waals surface area contributed by atoms with Crippen LogP contribution in [0.1, 0.15) is 49.3 Å². The lowest BCUT2D eigenvalue weighted by Gasteiger charge is -2.21. The number of hydrogen-bond acceptors (Lipinski definition) is 4. The van der Waals surface area contributed by atoms with E-state index in [1.54, 1.807) is 19.2 Å². The zero-order valence-electron chi connectivity index (χ0n) is 15.7. The summed E-state index contributed by atoms with van der Waals surface area (Å²) in [6.07, 6.45) is 8.31. The molecule has 2 aromatic rings. The lowest BCUT2D eigenvalue weighted by atomic mass is 9.95. The van der Waals surface area contributed by atoms with Gasteiger partial charge in [-0.2, -0.15) is 0 Å². The standard InChI is InChI=1S/C22H26N2O3/c1-27-21-12-10-18(11-13-21)22(19-8-5-9-20(16-19)24(25)26)23-15-14-17-6-3-2-4-7-17/h5-6,8-13,16,22-23H,2-4,7,14-15H2,1H3. The quantitative estimate of drug-likeness (QED) is 0.397. The average Bonchev–Trinajstić information content (AvgIpc) is 2.72. The molecular weight excluding hydrogens is 340 g/mol. The minimum Gasteiger partial charge on any atom is -0.497 e. The summed E-state index contributed by atoms with van der Waals surface area (Å²) in [6, 6.07) is 14.6. The molecule has 0 aromatic heterocycles. The third-order valence-electron chi connectivity index (χ3n) is 5.04. The van der Waals surface area contributed by atoms with Gasteiger partial charge in [0.15, 0.2) is 0 Å². The summed E-state index contributed by atoms with van der Waals surface area (Å²) in [5.74, 6) is 0.795. The first kappa shape index (κ1) is 19.1. The van der Waals surface area contributed by atoms with Crippen LogP contribution in [-0.2, 0) is 0 Å². The normalized spacial score (nSPS) is 15.1. The number of methoxy groups -OCH3 is 1. The van der Waals surface area contributed by atoms with Crippen molar-refractivity contribution in [3.8, 4) is 5.75 Å². The number of nitrogens with zero attached hydrogens (tertiary/aromatic N) is 1. The van der Waals surface area contributed by atoms with Gasteiger partial charge < -0.3 is 10.1 Å². The first-order valence-electron chi connectivity index (χ1n) is 9.47. The van der Waals surface area contributed by atoms with Crippen molar-refractivity contribution >= 4 is 5.69 Å². The highest BCUT2D eigenvalue weighted by Crippen LogP contribution is 2.27. The molecule has 0 spiro atoms. The maximum atomic E-state index is 11.2. The van der Waals surface area contributed by atoms with Gasteiger partial charge in [-0.15, -0.1) is 0 Å². The van der Waals surface area contributed by atoms with Crippen molar-refractivity contribution in [1.82, 2.24) is 5.32 Å². The van der Waals surface area contributed by atoms with Gasteiger partial charge in [0.05, 0.1) is 18.1 Å². The number of nitro groups is 1. The Kier molecular flexibility index (Phi) is 6.60. The molecule has 1 aliphatic rings. The van der Waals surface area contributed by atoms with Gasteiger partial charge in [0, 0.05) is 12.1 Å². The fraction of sp³-hybridized carbons (Fsp3) is 0.364. The lowest BCUT2D eigenvalue weighted by Crippen LogP contribution is -2.24. The first-order chi connectivity index (χ1) is 13.2. The van der Waals surface area contributed by atoms with Gasteiger partial charge >= 0.3 is 0 Å². The Morgan fingerprint density at radius 2 is 1.96 bits per heavy atom. The van der Waals surface area contributed by atoms with E-state index in [4.69, 9.17) is 4.74 Å². The zero-order valence-corrected chi connectivity index (χ0v) is 15.7. The van der Waals surface area contributed by atoms with Gasteiger partial charge in [-0.1, -0.05) is 35.9 Å². The van der Waals surface area contributed by atoms with Gasteiger partial charge in [0.25, 0.3) is 5.69 Å². The molecule has 1 atom stereocenters. The van der Waals surface area contributed by atoms with Crippen LogP contribution < -0.4 is 10.1 Å². The molecule has 1 aliphatic carbocycles. The molecule has 0 amide bonds. The van der Waals surface area contributed by atoms with Crippen molar-refractivity contribution in [3.05, 3.63) is 81.4 Å². The molecule has 0 bridgehead atoms. The highest BCUT2D eigenvalue weighted by Gasteiger charge is 2.17. The molecule has 5 heteroatoms. The molecule has 27 heavy (non-hydrogen) atoms. The molecule has 2 aromatic carbocycles. The van der Waals surface area contributed by atoms with Crippen molar-refractivity contribution in [2.24, 2.45) is 0 Å². The Balaban J connectivity index is 1.80. The van der Waals surface area contributed by atoms with E-state index >= 15 is 0 Å². The summed E-state index contributed by atoms with van der Waals surface area (Å²) in [5.41, 5.74) is 3.59. The van der Waals surface area contributed by atoms with Crippen LogP contribution in [0.3, 0.4) is 0 Å². The molecule has 142 valence electrons. The highest BCUT2D eigenvalue weighted by atomic mass is 16.6. The van der Waals surface area contributed by atoms with Gasteiger partial charge in [-0.3, -0.25) is 10.1 Å². The molecule has 0 saturated heterocycles. The van der Waals surface area contributed by atoms with Crippen molar-refractivity contribution in [1.29, 1.82) is 0 Å². The number of ether oxygens (including phenoxy) is 1. The van der Waals surface area contributed by atoms with Crippen LogP contribution in [0.5, 0.6) is 5.75 Å². The predicted octanol–water partition coefficient (Wildman–Crippen LogP) is 5.17. The number of rotatable bonds is 8. The van der Waals surface area contributed by atoms with E-state index in [9.17, 15) is 10.1 Å². The smallest absolute Gasteiger partial charge is 0.269 e. The summed E-state index contributed by atoms with van der Waals surface area (Å²) in [7, 11) is 1.64. The van der Waals surface area contributed by atoms with Gasteiger partial charge in [0.1, 0.15) is 5.75 Å². The SMILES string of the molecule is COc1ccc(C(NCCC2=CCCCC2)c2cccc([N+](=O)[O-])c2)cc1. The Morgan fingerprint density at radius 1 is 1.15 bits per heavy atom. The van der Waals surface area contributed by atoms with Crippen LogP contribution in [0, 0.1) is 10.1 Å². The predicted molar refractivity (Wildman–Crippen MR) is 107 cm³/mol. The van der Waals surface area contributed by atoms with E-state index < -0.39 is 0 Å². The lowest BCUT2D eigenvalue weighted by molar-refractivity contribution is -0.384. The number of non-ortho nitro benzene ring substituents is 1. The average molecular weight is 366 g/mol. The Morgan fingerprint density at radius 3 is 2.63 bits per heavy atom. The molecule has 0 aliphatic heterocycles. The third kappa shape index (κ3) is 5.17. The second-order valence-electron chi connectivity index (χ2n) is 6.87. The highest BCUT2D eigenvalue weighted by molar-refractivity contribution is 5.41. The van der Waals surface area contributed by atoms with Crippen LogP contribution in [0.2, 0.25) is 0 Å². The number of nitrogens with one attached hydrogen (secondary N) is 1. The summed E-state index contributed by atoms with van der Waals surface area (Å²) in [6.45, 7) is 0.839. The van der Waals surface area contributed by atoms with E-state index in [2.05, 4.69) is 11.4 Å². The second kappa shape index (κ2) is 9.33.